The van der Waals surface area contributed by atoms with Crippen LogP contribution in [0.3, 0.4) is 0 Å². The maximum atomic E-state index is 11.1. The van der Waals surface area contributed by atoms with Crippen molar-refractivity contribution < 1.29 is 29.9 Å². The molecule has 11 rings (SSSR count). The molecule has 0 atom stereocenters. The van der Waals surface area contributed by atoms with Gasteiger partial charge in [0, 0.05) is 44.6 Å². The van der Waals surface area contributed by atoms with Crippen molar-refractivity contribution in [3.05, 3.63) is 175 Å². The largest absolute Gasteiger partial charge is 0.504 e. The normalized spacial score (nSPS) is 13.1. The minimum absolute atomic E-state index is 0.244. The van der Waals surface area contributed by atoms with Crippen LogP contribution in [0.2, 0.25) is 0 Å². The lowest BCUT2D eigenvalue weighted by molar-refractivity contribution is 0.330. The molecule has 7 aromatic carbocycles. The number of rotatable bonds is 6. The molecule has 8 heteroatoms. The highest BCUT2D eigenvalue weighted by Crippen LogP contribution is 2.55. The number of fused-ring (bicyclic) bond motifs is 6. The van der Waals surface area contributed by atoms with Crippen molar-refractivity contribution in [1.82, 2.24) is 9.55 Å². The first kappa shape index (κ1) is 36.6. The van der Waals surface area contributed by atoms with Gasteiger partial charge in [-0.3, -0.25) is 0 Å². The van der Waals surface area contributed by atoms with Crippen molar-refractivity contribution in [1.29, 1.82) is 0 Å². The van der Waals surface area contributed by atoms with Gasteiger partial charge in [-0.15, -0.1) is 0 Å². The number of aromatic nitrogens is 2. The summed E-state index contributed by atoms with van der Waals surface area (Å²) >= 11 is 0. The molecule has 3 heterocycles. The highest BCUT2D eigenvalue weighted by molar-refractivity contribution is 6.16. The number of hydrogen-bond acceptors (Lipinski definition) is 7. The van der Waals surface area contributed by atoms with Gasteiger partial charge in [0.05, 0.1) is 28.0 Å². The SMILES string of the molecule is Oc1c(O)c(O)c(-c2cc(-c3ccccc3)nc(-c3cccc4oc5c(c34)/C(=C\n3c4ccccc4c4cc(-c6ccccc6)cc(-c6ccccc6)c43)CC=C5)c2)c(O)c1O. The summed E-state index contributed by atoms with van der Waals surface area (Å²) in [5, 5.41) is 56.6. The lowest BCUT2D eigenvalue weighted by atomic mass is 9.91. The molecule has 0 spiro atoms. The molecule has 1 aliphatic carbocycles. The lowest BCUT2D eigenvalue weighted by Gasteiger charge is -2.16. The Balaban J connectivity index is 1.17. The van der Waals surface area contributed by atoms with E-state index in [1.54, 1.807) is 12.1 Å². The van der Waals surface area contributed by atoms with Crippen LogP contribution in [0.1, 0.15) is 17.7 Å². The van der Waals surface area contributed by atoms with Crippen molar-refractivity contribution in [2.45, 2.75) is 6.42 Å². The maximum Gasteiger partial charge on any atom is 0.208 e. The molecule has 5 N–H and O–H groups in total. The topological polar surface area (TPSA) is 132 Å². The van der Waals surface area contributed by atoms with Gasteiger partial charge in [-0.05, 0) is 76.7 Å². The predicted octanol–water partition coefficient (Wildman–Crippen LogP) is 13.2. The first-order valence-electron chi connectivity index (χ1n) is 20.2. The second-order valence-electron chi connectivity index (χ2n) is 15.4. The molecule has 0 fully saturated rings. The number of phenolic OH excluding ortho intramolecular Hbond substituents is 5. The second kappa shape index (κ2) is 14.4. The molecule has 0 bridgehead atoms. The summed E-state index contributed by atoms with van der Waals surface area (Å²) in [6, 6.07) is 52.6. The van der Waals surface area contributed by atoms with Gasteiger partial charge in [0.2, 0.25) is 17.2 Å². The third-order valence-electron chi connectivity index (χ3n) is 11.8. The number of phenols is 5. The molecule has 3 aromatic heterocycles. The van der Waals surface area contributed by atoms with Crippen molar-refractivity contribution >= 4 is 50.6 Å². The van der Waals surface area contributed by atoms with E-state index in [9.17, 15) is 25.5 Å². The van der Waals surface area contributed by atoms with Crippen LogP contribution in [-0.2, 0) is 0 Å². The van der Waals surface area contributed by atoms with Crippen molar-refractivity contribution in [3.8, 4) is 84.6 Å². The summed E-state index contributed by atoms with van der Waals surface area (Å²) in [7, 11) is 0. The average Bonchev–Trinajstić information content (AvgIpc) is 3.87. The quantitative estimate of drug-likeness (QED) is 0.0834. The van der Waals surface area contributed by atoms with Gasteiger partial charge in [0.25, 0.3) is 0 Å². The minimum Gasteiger partial charge on any atom is -0.504 e. The van der Waals surface area contributed by atoms with E-state index in [0.717, 1.165) is 71.7 Å². The van der Waals surface area contributed by atoms with E-state index < -0.39 is 28.7 Å². The molecular formula is C54H36N2O6. The predicted molar refractivity (Wildman–Crippen MR) is 247 cm³/mol. The molecule has 0 aliphatic heterocycles. The van der Waals surface area contributed by atoms with E-state index in [2.05, 4.69) is 102 Å². The van der Waals surface area contributed by atoms with E-state index in [1.165, 1.54) is 0 Å². The van der Waals surface area contributed by atoms with Crippen LogP contribution in [0, 0.1) is 0 Å². The van der Waals surface area contributed by atoms with Crippen LogP contribution in [0.5, 0.6) is 28.7 Å². The molecule has 0 amide bonds. The van der Waals surface area contributed by atoms with Gasteiger partial charge in [-0.2, -0.15) is 0 Å². The third-order valence-corrected chi connectivity index (χ3v) is 11.8. The van der Waals surface area contributed by atoms with E-state index >= 15 is 0 Å². The summed E-state index contributed by atoms with van der Waals surface area (Å²) in [4.78, 5) is 5.14. The van der Waals surface area contributed by atoms with Gasteiger partial charge in [-0.25, -0.2) is 4.98 Å². The zero-order valence-corrected chi connectivity index (χ0v) is 33.0. The van der Waals surface area contributed by atoms with E-state index in [0.29, 0.717) is 29.2 Å². The number of hydrogen-bond donors (Lipinski definition) is 5. The van der Waals surface area contributed by atoms with Crippen LogP contribution in [0.15, 0.2) is 168 Å². The average molecular weight is 809 g/mol. The minimum atomic E-state index is -1.03. The smallest absolute Gasteiger partial charge is 0.208 e. The Hall–Kier alpha value is -8.49. The standard InChI is InChI=1S/C54H36N2O6/c57-50-47(51(58)53(60)54(61)52(50)59)36-28-41(33-18-8-3-9-19-33)55-42(29-36)38-22-13-25-45-48(38)46-34(20-12-24-44(46)62-45)30-56-43-23-11-10-21-37(43)40-27-35(31-14-4-1-5-15-31)26-39(49(40)56)32-16-6-2-7-17-32/h1-19,21-30,57-61H,20H2/b34-30-. The molecule has 298 valence electrons. The first-order valence-corrected chi connectivity index (χ1v) is 20.2. The Morgan fingerprint density at radius 3 is 1.85 bits per heavy atom. The van der Waals surface area contributed by atoms with Crippen molar-refractivity contribution in [3.63, 3.8) is 0 Å². The Morgan fingerprint density at radius 1 is 0.500 bits per heavy atom. The third kappa shape index (κ3) is 5.80. The van der Waals surface area contributed by atoms with Crippen LogP contribution in [0.4, 0.5) is 0 Å². The van der Waals surface area contributed by atoms with E-state index in [4.69, 9.17) is 9.40 Å². The Labute approximate surface area is 355 Å². The maximum absolute atomic E-state index is 11.1. The Morgan fingerprint density at radius 2 is 1.13 bits per heavy atom. The van der Waals surface area contributed by atoms with Crippen molar-refractivity contribution in [2.75, 3.05) is 0 Å². The first-order chi connectivity index (χ1) is 30.3. The van der Waals surface area contributed by atoms with Gasteiger partial charge < -0.3 is 34.5 Å². The Kier molecular flexibility index (Phi) is 8.47. The van der Waals surface area contributed by atoms with Gasteiger partial charge in [0.1, 0.15) is 11.3 Å². The van der Waals surface area contributed by atoms with E-state index in [1.807, 2.05) is 66.7 Å². The molecular weight excluding hydrogens is 773 g/mol. The molecule has 1 aliphatic rings. The summed E-state index contributed by atoms with van der Waals surface area (Å²) in [5.74, 6) is -3.83. The molecule has 0 saturated heterocycles. The van der Waals surface area contributed by atoms with Crippen molar-refractivity contribution in [2.24, 2.45) is 0 Å². The summed E-state index contributed by atoms with van der Waals surface area (Å²) < 4.78 is 8.92. The second-order valence-corrected chi connectivity index (χ2v) is 15.4. The number of nitrogens with zero attached hydrogens (tertiary/aromatic N) is 2. The van der Waals surface area contributed by atoms with Crippen LogP contribution < -0.4 is 0 Å². The van der Waals surface area contributed by atoms with Gasteiger partial charge in [-0.1, -0.05) is 127 Å². The van der Waals surface area contributed by atoms with Crippen LogP contribution in [0.25, 0.3) is 107 Å². The van der Waals surface area contributed by atoms with Crippen LogP contribution in [-0.4, -0.2) is 35.1 Å². The molecule has 0 unspecified atom stereocenters. The summed E-state index contributed by atoms with van der Waals surface area (Å²) in [6.45, 7) is 0. The molecule has 10 aromatic rings. The molecule has 0 radical (unpaired) electrons. The zero-order chi connectivity index (χ0) is 42.1. The fourth-order valence-corrected chi connectivity index (χ4v) is 8.91. The highest BCUT2D eigenvalue weighted by atomic mass is 16.4. The Bertz CT molecular complexity index is 3450. The number of furan rings is 1. The molecule has 62 heavy (non-hydrogen) atoms. The fraction of sp³-hybridized carbons (Fsp3) is 0.0185. The molecule has 8 nitrogen and oxygen atoms in total. The van der Waals surface area contributed by atoms with Gasteiger partial charge >= 0.3 is 0 Å². The van der Waals surface area contributed by atoms with Crippen LogP contribution >= 0.6 is 0 Å². The number of benzene rings is 7. The monoisotopic (exact) mass is 808 g/mol. The number of allylic oxidation sites excluding steroid dienone is 2. The zero-order valence-electron chi connectivity index (χ0n) is 33.0. The van der Waals surface area contributed by atoms with E-state index in [-0.39, 0.29) is 11.1 Å². The number of pyridine rings is 1. The summed E-state index contributed by atoms with van der Waals surface area (Å²) in [6.07, 6.45) is 6.95. The summed E-state index contributed by atoms with van der Waals surface area (Å²) in [5.41, 5.74) is 11.6. The lowest BCUT2D eigenvalue weighted by Crippen LogP contribution is -1.97. The van der Waals surface area contributed by atoms with Gasteiger partial charge in [0.15, 0.2) is 11.5 Å². The number of aromatic hydroxyl groups is 5. The number of para-hydroxylation sites is 1. The highest BCUT2D eigenvalue weighted by Gasteiger charge is 2.28. The molecule has 0 saturated carbocycles. The fourth-order valence-electron chi connectivity index (χ4n) is 8.91.